The summed E-state index contributed by atoms with van der Waals surface area (Å²) < 4.78 is 16.4. The number of Topliss-reactive ketones (excluding diaryl/α,β-unsaturated/α-hetero) is 1. The smallest absolute Gasteiger partial charge is 0.270 e. The molecule has 0 radical (unpaired) electrons. The fraction of sp³-hybridized carbons (Fsp3) is 0.429. The number of carbonyl (C=O) groups excluding carboxylic acids is 1. The minimum atomic E-state index is -0.534. The summed E-state index contributed by atoms with van der Waals surface area (Å²) in [7, 11) is 4.61. The first-order chi connectivity index (χ1) is 13.8. The Hall–Kier alpha value is -3.16. The minimum absolute atomic E-state index is 0.0359. The zero-order valence-corrected chi connectivity index (χ0v) is 17.2. The molecular formula is C21H25N3O5. The highest BCUT2D eigenvalue weighted by Crippen LogP contribution is 2.50. The van der Waals surface area contributed by atoms with Gasteiger partial charge in [-0.15, -0.1) is 0 Å². The number of ketones is 1. The summed E-state index contributed by atoms with van der Waals surface area (Å²) in [5, 5.41) is 8.81. The van der Waals surface area contributed by atoms with E-state index in [1.807, 2.05) is 0 Å². The average Bonchev–Trinajstić information content (AvgIpc) is 3.04. The number of anilines is 1. The summed E-state index contributed by atoms with van der Waals surface area (Å²) in [6.07, 6.45) is 1.13. The van der Waals surface area contributed by atoms with Gasteiger partial charge in [-0.3, -0.25) is 19.8 Å². The molecule has 0 amide bonds. The van der Waals surface area contributed by atoms with Crippen molar-refractivity contribution >= 4 is 11.6 Å². The lowest BCUT2D eigenvalue weighted by Crippen LogP contribution is -2.35. The third-order valence-corrected chi connectivity index (χ3v) is 5.61. The van der Waals surface area contributed by atoms with E-state index >= 15 is 0 Å². The summed E-state index contributed by atoms with van der Waals surface area (Å²) >= 11 is 0. The van der Waals surface area contributed by atoms with Gasteiger partial charge in [0.15, 0.2) is 17.3 Å². The van der Waals surface area contributed by atoms with E-state index in [0.717, 1.165) is 11.3 Å². The Bertz CT molecular complexity index is 1050. The monoisotopic (exact) mass is 399 g/mol. The molecular weight excluding hydrogens is 374 g/mol. The van der Waals surface area contributed by atoms with Gasteiger partial charge in [-0.2, -0.15) is 0 Å². The van der Waals surface area contributed by atoms with Gasteiger partial charge in [0.05, 0.1) is 26.9 Å². The molecule has 2 aliphatic rings. The van der Waals surface area contributed by atoms with Crippen LogP contribution in [0.3, 0.4) is 0 Å². The van der Waals surface area contributed by atoms with Gasteiger partial charge < -0.3 is 19.5 Å². The van der Waals surface area contributed by atoms with E-state index in [1.165, 1.54) is 21.3 Å². The number of hydrogen-bond acceptors (Lipinski definition) is 6. The topological polar surface area (TPSA) is 105 Å². The zero-order valence-electron chi connectivity index (χ0n) is 17.2. The van der Waals surface area contributed by atoms with Crippen LogP contribution in [0.5, 0.6) is 17.2 Å². The Kier molecular flexibility index (Phi) is 4.44. The van der Waals surface area contributed by atoms with Crippen molar-refractivity contribution in [1.82, 2.24) is 10.2 Å². The van der Waals surface area contributed by atoms with Gasteiger partial charge in [-0.1, -0.05) is 13.8 Å². The van der Waals surface area contributed by atoms with Gasteiger partial charge in [0.2, 0.25) is 5.75 Å². The number of carbonyl (C=O) groups is 1. The molecule has 1 aromatic heterocycles. The van der Waals surface area contributed by atoms with Gasteiger partial charge in [0.1, 0.15) is 5.82 Å². The molecule has 0 saturated heterocycles. The van der Waals surface area contributed by atoms with E-state index in [1.54, 1.807) is 12.1 Å². The standard InChI is InChI=1S/C21H25N3O5/c1-21(2)8-11-16(12(25)9-21)15(17-19(22-11)23-24-20(17)26)10-6-13(27-3)18(29-5)14(7-10)28-4/h6-7,15H,8-9H2,1-5H3,(H3,22,23,24,26)/t15-/m0/s1. The van der Waals surface area contributed by atoms with E-state index in [4.69, 9.17) is 14.2 Å². The van der Waals surface area contributed by atoms with Crippen LogP contribution in [0.15, 0.2) is 28.2 Å². The number of methoxy groups -OCH3 is 3. The SMILES string of the molecule is COc1cc([C@H]2C3=C(CC(C)(C)CC3=O)Nc3[nH][nH]c(=O)c32)cc(OC)c1OC. The van der Waals surface area contributed by atoms with Crippen molar-refractivity contribution < 1.29 is 19.0 Å². The third-order valence-electron chi connectivity index (χ3n) is 5.61. The fourth-order valence-corrected chi connectivity index (χ4v) is 4.42. The van der Waals surface area contributed by atoms with E-state index in [9.17, 15) is 9.59 Å². The van der Waals surface area contributed by atoms with Crippen LogP contribution in [0, 0.1) is 5.41 Å². The largest absolute Gasteiger partial charge is 0.493 e. The number of ether oxygens (including phenoxy) is 3. The van der Waals surface area contributed by atoms with Crippen LogP contribution in [-0.4, -0.2) is 37.3 Å². The van der Waals surface area contributed by atoms with Crippen LogP contribution in [0.4, 0.5) is 5.82 Å². The molecule has 2 heterocycles. The Morgan fingerprint density at radius 3 is 2.21 bits per heavy atom. The Balaban J connectivity index is 1.98. The van der Waals surface area contributed by atoms with Gasteiger partial charge in [0, 0.05) is 23.6 Å². The van der Waals surface area contributed by atoms with E-state index < -0.39 is 5.92 Å². The maximum Gasteiger partial charge on any atom is 0.270 e. The first kappa shape index (κ1) is 19.2. The van der Waals surface area contributed by atoms with Crippen LogP contribution in [0.2, 0.25) is 0 Å². The molecule has 29 heavy (non-hydrogen) atoms. The maximum absolute atomic E-state index is 13.2. The van der Waals surface area contributed by atoms with Crippen LogP contribution in [-0.2, 0) is 4.79 Å². The lowest BCUT2D eigenvalue weighted by Gasteiger charge is -2.38. The number of aromatic nitrogens is 2. The zero-order chi connectivity index (χ0) is 20.9. The number of nitrogens with one attached hydrogen (secondary N) is 3. The molecule has 4 rings (SSSR count). The molecule has 1 aliphatic carbocycles. The predicted octanol–water partition coefficient (Wildman–Crippen LogP) is 2.93. The number of hydrogen-bond donors (Lipinski definition) is 3. The molecule has 2 aromatic rings. The van der Waals surface area contributed by atoms with Gasteiger partial charge >= 0.3 is 0 Å². The van der Waals surface area contributed by atoms with E-state index in [0.29, 0.717) is 47.0 Å². The first-order valence-electron chi connectivity index (χ1n) is 9.43. The van der Waals surface area contributed by atoms with E-state index in [2.05, 4.69) is 29.4 Å². The summed E-state index contributed by atoms with van der Waals surface area (Å²) in [5.74, 6) is 1.49. The fourth-order valence-electron chi connectivity index (χ4n) is 4.42. The highest BCUT2D eigenvalue weighted by atomic mass is 16.5. The maximum atomic E-state index is 13.2. The molecule has 0 unspecified atom stereocenters. The van der Waals surface area contributed by atoms with Gasteiger partial charge in [-0.05, 0) is 29.5 Å². The highest BCUT2D eigenvalue weighted by molar-refractivity contribution is 6.01. The Morgan fingerprint density at radius 1 is 0.966 bits per heavy atom. The number of rotatable bonds is 4. The molecule has 154 valence electrons. The van der Waals surface area contributed by atoms with E-state index in [-0.39, 0.29) is 16.8 Å². The van der Waals surface area contributed by atoms with Crippen LogP contribution in [0.25, 0.3) is 0 Å². The summed E-state index contributed by atoms with van der Waals surface area (Å²) in [5.41, 5.74) is 2.25. The highest BCUT2D eigenvalue weighted by Gasteiger charge is 2.42. The second kappa shape index (κ2) is 6.72. The minimum Gasteiger partial charge on any atom is -0.493 e. The van der Waals surface area contributed by atoms with Gasteiger partial charge in [0.25, 0.3) is 5.56 Å². The van der Waals surface area contributed by atoms with Crippen molar-refractivity contribution in [1.29, 1.82) is 0 Å². The number of allylic oxidation sites excluding steroid dienone is 2. The number of benzene rings is 1. The summed E-state index contributed by atoms with van der Waals surface area (Å²) in [4.78, 5) is 25.8. The van der Waals surface area contributed by atoms with Crippen LogP contribution in [0.1, 0.15) is 43.7 Å². The van der Waals surface area contributed by atoms with Crippen molar-refractivity contribution in [3.05, 3.63) is 44.9 Å². The van der Waals surface area contributed by atoms with Crippen molar-refractivity contribution in [2.75, 3.05) is 26.6 Å². The molecule has 1 aliphatic heterocycles. The molecule has 8 nitrogen and oxygen atoms in total. The van der Waals surface area contributed by atoms with Crippen LogP contribution >= 0.6 is 0 Å². The third kappa shape index (κ3) is 2.99. The molecule has 1 aromatic carbocycles. The first-order valence-corrected chi connectivity index (χ1v) is 9.43. The lowest BCUT2D eigenvalue weighted by atomic mass is 9.69. The van der Waals surface area contributed by atoms with Crippen molar-refractivity contribution in [2.24, 2.45) is 5.41 Å². The van der Waals surface area contributed by atoms with Crippen molar-refractivity contribution in [3.8, 4) is 17.2 Å². The molecule has 8 heteroatoms. The summed E-state index contributed by atoms with van der Waals surface area (Å²) in [6.45, 7) is 4.14. The average molecular weight is 399 g/mol. The van der Waals surface area contributed by atoms with Crippen molar-refractivity contribution in [2.45, 2.75) is 32.6 Å². The molecule has 0 bridgehead atoms. The number of aromatic amines is 2. The van der Waals surface area contributed by atoms with Crippen molar-refractivity contribution in [3.63, 3.8) is 0 Å². The Morgan fingerprint density at radius 2 is 1.62 bits per heavy atom. The Labute approximate surface area is 168 Å². The van der Waals surface area contributed by atoms with Crippen LogP contribution < -0.4 is 25.1 Å². The molecule has 0 saturated carbocycles. The molecule has 3 N–H and O–H groups in total. The lowest BCUT2D eigenvalue weighted by molar-refractivity contribution is -0.118. The quantitative estimate of drug-likeness (QED) is 0.730. The summed E-state index contributed by atoms with van der Waals surface area (Å²) in [6, 6.07) is 3.59. The number of H-pyrrole nitrogens is 2. The second-order valence-electron chi connectivity index (χ2n) is 8.22. The number of fused-ring (bicyclic) bond motifs is 1. The van der Waals surface area contributed by atoms with Gasteiger partial charge in [-0.25, -0.2) is 0 Å². The molecule has 0 spiro atoms. The predicted molar refractivity (Wildman–Crippen MR) is 108 cm³/mol. The second-order valence-corrected chi connectivity index (χ2v) is 8.22. The molecule has 1 atom stereocenters. The normalized spacial score (nSPS) is 19.9. The molecule has 0 fully saturated rings.